The number of nitrogens with zero attached hydrogens (tertiary/aromatic N) is 1. The summed E-state index contributed by atoms with van der Waals surface area (Å²) >= 11 is 6.14. The molecule has 0 saturated carbocycles. The van der Waals surface area contributed by atoms with Crippen molar-refractivity contribution in [3.8, 4) is 6.07 Å². The standard InChI is InChI=1S/C18H14N2O2S2.Na/c19-11-15(17(22)20-14-9-5-2-6-10-14)18(23)24-12-16(21)13-7-3-1-4-8-13;/h1-10,23H,12H2,(H,20,22);/q;+1/p-1/b18-15+;. The summed E-state index contributed by atoms with van der Waals surface area (Å²) < 4.78 is 0.107. The zero-order valence-electron chi connectivity index (χ0n) is 13.6. The number of nitrogens with one attached hydrogen (secondary N) is 1. The first-order chi connectivity index (χ1) is 11.6. The van der Waals surface area contributed by atoms with Crippen molar-refractivity contribution in [3.05, 3.63) is 76.0 Å². The van der Waals surface area contributed by atoms with E-state index in [1.165, 1.54) is 0 Å². The van der Waals surface area contributed by atoms with Crippen LogP contribution in [0.2, 0.25) is 0 Å². The zero-order chi connectivity index (χ0) is 17.4. The smallest absolute Gasteiger partial charge is 0.772 e. The van der Waals surface area contributed by atoms with E-state index in [0.29, 0.717) is 11.3 Å². The minimum absolute atomic E-state index is 0. The van der Waals surface area contributed by atoms with Crippen LogP contribution in [-0.4, -0.2) is 17.4 Å². The summed E-state index contributed by atoms with van der Waals surface area (Å²) in [6.45, 7) is 0. The summed E-state index contributed by atoms with van der Waals surface area (Å²) in [6, 6.07) is 19.4. The quantitative estimate of drug-likeness (QED) is 0.262. The SMILES string of the molecule is N#C/C(C(=O)Nc1ccccc1)=C(/[S-])SCC(=O)c1ccccc1.[Na+]. The molecular weight excluding hydrogens is 363 g/mol. The Morgan fingerprint density at radius 1 is 1.04 bits per heavy atom. The van der Waals surface area contributed by atoms with Gasteiger partial charge in [0.15, 0.2) is 5.78 Å². The van der Waals surface area contributed by atoms with Crippen LogP contribution in [0.25, 0.3) is 0 Å². The van der Waals surface area contributed by atoms with Crippen molar-refractivity contribution in [2.75, 3.05) is 11.1 Å². The second-order valence-corrected chi connectivity index (χ2v) is 6.32. The number of carbonyl (C=O) groups is 2. The fourth-order valence-electron chi connectivity index (χ4n) is 1.81. The molecule has 0 unspecified atom stereocenters. The molecule has 4 nitrogen and oxygen atoms in total. The first kappa shape index (κ1) is 21.4. The normalized spacial score (nSPS) is 10.7. The first-order valence-corrected chi connectivity index (χ1v) is 8.40. The number of ketones is 1. The number of carbonyl (C=O) groups excluding carboxylic acids is 2. The third kappa shape index (κ3) is 6.65. The molecule has 2 rings (SSSR count). The zero-order valence-corrected chi connectivity index (χ0v) is 17.2. The molecule has 0 aliphatic rings. The Balaban J connectivity index is 0.00000312. The third-order valence-electron chi connectivity index (χ3n) is 3.00. The van der Waals surface area contributed by atoms with Gasteiger partial charge in [-0.3, -0.25) is 9.59 Å². The van der Waals surface area contributed by atoms with Crippen LogP contribution in [0.3, 0.4) is 0 Å². The van der Waals surface area contributed by atoms with Gasteiger partial charge in [-0.25, -0.2) is 0 Å². The summed E-state index contributed by atoms with van der Waals surface area (Å²) in [5.74, 6) is -0.607. The Labute approximate surface area is 178 Å². The van der Waals surface area contributed by atoms with Gasteiger partial charge in [-0.05, 0) is 12.1 Å². The molecule has 1 amide bonds. The van der Waals surface area contributed by atoms with Crippen molar-refractivity contribution in [2.45, 2.75) is 0 Å². The number of benzene rings is 2. The summed E-state index contributed by atoms with van der Waals surface area (Å²) in [4.78, 5) is 24.2. The molecule has 0 aliphatic heterocycles. The Kier molecular flexibility index (Phi) is 9.50. The number of rotatable bonds is 6. The van der Waals surface area contributed by atoms with Crippen LogP contribution in [0.15, 0.2) is 70.5 Å². The predicted octanol–water partition coefficient (Wildman–Crippen LogP) is 0.527. The Morgan fingerprint density at radius 2 is 1.60 bits per heavy atom. The van der Waals surface area contributed by atoms with Crippen LogP contribution in [-0.2, 0) is 17.4 Å². The van der Waals surface area contributed by atoms with Gasteiger partial charge < -0.3 is 17.9 Å². The number of thioether (sulfide) groups is 1. The van der Waals surface area contributed by atoms with Crippen LogP contribution < -0.4 is 34.9 Å². The van der Waals surface area contributed by atoms with Crippen LogP contribution in [0.4, 0.5) is 5.69 Å². The van der Waals surface area contributed by atoms with Gasteiger partial charge in [0.2, 0.25) is 0 Å². The second kappa shape index (κ2) is 11.1. The molecule has 1 N–H and O–H groups in total. The van der Waals surface area contributed by atoms with Crippen molar-refractivity contribution in [3.63, 3.8) is 0 Å². The maximum Gasteiger partial charge on any atom is 1.00 e. The van der Waals surface area contributed by atoms with Crippen molar-refractivity contribution in [2.24, 2.45) is 0 Å². The Bertz CT molecular complexity index is 803. The third-order valence-corrected chi connectivity index (χ3v) is 4.44. The number of hydrogen-bond donors (Lipinski definition) is 1. The van der Waals surface area contributed by atoms with Crippen LogP contribution in [0.5, 0.6) is 0 Å². The molecule has 0 bridgehead atoms. The molecule has 0 radical (unpaired) electrons. The maximum atomic E-state index is 12.1. The number of Topliss-reactive ketones (excluding diaryl/α,β-unsaturated/α-hetero) is 1. The molecule has 120 valence electrons. The second-order valence-electron chi connectivity index (χ2n) is 4.67. The summed E-state index contributed by atoms with van der Waals surface area (Å²) in [7, 11) is 0. The van der Waals surface area contributed by atoms with Crippen molar-refractivity contribution >= 4 is 41.8 Å². The molecule has 2 aromatic carbocycles. The van der Waals surface area contributed by atoms with E-state index in [1.54, 1.807) is 48.5 Å². The number of amides is 1. The van der Waals surface area contributed by atoms with Crippen LogP contribution in [0, 0.1) is 11.3 Å². The molecule has 25 heavy (non-hydrogen) atoms. The number of para-hydroxylation sites is 1. The van der Waals surface area contributed by atoms with Gasteiger partial charge in [0.05, 0.1) is 5.75 Å². The van der Waals surface area contributed by atoms with E-state index < -0.39 is 5.91 Å². The largest absolute Gasteiger partial charge is 1.00 e. The minimum Gasteiger partial charge on any atom is -0.772 e. The van der Waals surface area contributed by atoms with E-state index in [0.717, 1.165) is 11.8 Å². The predicted molar refractivity (Wildman–Crippen MR) is 98.3 cm³/mol. The minimum atomic E-state index is -0.576. The summed E-state index contributed by atoms with van der Waals surface area (Å²) in [5.41, 5.74) is 0.975. The summed E-state index contributed by atoms with van der Waals surface area (Å²) in [6.07, 6.45) is 0. The summed E-state index contributed by atoms with van der Waals surface area (Å²) in [5, 5.41) is 11.8. The molecule has 0 fully saturated rings. The van der Waals surface area contributed by atoms with E-state index in [4.69, 9.17) is 12.6 Å². The van der Waals surface area contributed by atoms with Gasteiger partial charge in [0, 0.05) is 11.3 Å². The van der Waals surface area contributed by atoms with E-state index in [2.05, 4.69) is 5.32 Å². The van der Waals surface area contributed by atoms with Crippen molar-refractivity contribution in [1.29, 1.82) is 5.26 Å². The monoisotopic (exact) mass is 376 g/mol. The molecule has 0 spiro atoms. The van der Waals surface area contributed by atoms with Crippen LogP contribution in [0.1, 0.15) is 10.4 Å². The van der Waals surface area contributed by atoms with Crippen molar-refractivity contribution < 1.29 is 39.1 Å². The molecule has 7 heteroatoms. The fraction of sp³-hybridized carbons (Fsp3) is 0.0556. The Hall–Kier alpha value is -1.62. The molecule has 0 atom stereocenters. The molecule has 0 aliphatic carbocycles. The van der Waals surface area contributed by atoms with Gasteiger partial charge in [-0.15, -0.1) is 16.0 Å². The van der Waals surface area contributed by atoms with E-state index in [1.807, 2.05) is 18.2 Å². The van der Waals surface area contributed by atoms with Gasteiger partial charge in [-0.1, -0.05) is 48.5 Å². The number of anilines is 1. The van der Waals surface area contributed by atoms with Gasteiger partial charge in [0.25, 0.3) is 5.91 Å². The average Bonchev–Trinajstić information content (AvgIpc) is 2.62. The van der Waals surface area contributed by atoms with Gasteiger partial charge in [-0.2, -0.15) is 5.26 Å². The van der Waals surface area contributed by atoms with Crippen molar-refractivity contribution in [1.82, 2.24) is 0 Å². The van der Waals surface area contributed by atoms with Gasteiger partial charge >= 0.3 is 29.6 Å². The molecular formula is C18H13N2NaO2S2. The number of nitriles is 1. The molecule has 0 saturated heterocycles. The maximum absolute atomic E-state index is 12.1. The Morgan fingerprint density at radius 3 is 2.16 bits per heavy atom. The fourth-order valence-corrected chi connectivity index (χ4v) is 2.84. The topological polar surface area (TPSA) is 70.0 Å². The van der Waals surface area contributed by atoms with Crippen LogP contribution >= 0.6 is 11.8 Å². The average molecular weight is 376 g/mol. The first-order valence-electron chi connectivity index (χ1n) is 7.00. The van der Waals surface area contributed by atoms with E-state index in [9.17, 15) is 14.9 Å². The molecule has 2 aromatic rings. The molecule has 0 aromatic heterocycles. The van der Waals surface area contributed by atoms with E-state index in [-0.39, 0.29) is 50.9 Å². The number of hydrogen-bond acceptors (Lipinski definition) is 5. The van der Waals surface area contributed by atoms with Gasteiger partial charge in [0.1, 0.15) is 11.6 Å². The molecule has 0 heterocycles. The van der Waals surface area contributed by atoms with E-state index >= 15 is 0 Å².